The molecule has 5 nitrogen and oxygen atoms in total. The SMILES string of the molecule is Cc1ccccc1CN1CCc2nc(N3CCN(c4ccccc4F)CC3)ncc2C1. The smallest absolute Gasteiger partial charge is 0.225 e. The second-order valence-corrected chi connectivity index (χ2v) is 8.45. The number of hydrogen-bond donors (Lipinski definition) is 0. The molecule has 0 aliphatic carbocycles. The molecule has 0 N–H and O–H groups in total. The van der Waals surface area contributed by atoms with Crippen LogP contribution in [-0.2, 0) is 19.5 Å². The molecule has 0 bridgehead atoms. The fourth-order valence-corrected chi connectivity index (χ4v) is 4.54. The van der Waals surface area contributed by atoms with Crippen LogP contribution >= 0.6 is 0 Å². The van der Waals surface area contributed by atoms with Gasteiger partial charge in [0.2, 0.25) is 5.95 Å². The van der Waals surface area contributed by atoms with Gasteiger partial charge < -0.3 is 9.80 Å². The van der Waals surface area contributed by atoms with Crippen LogP contribution in [0.15, 0.2) is 54.7 Å². The summed E-state index contributed by atoms with van der Waals surface area (Å²) in [6.45, 7) is 8.18. The lowest BCUT2D eigenvalue weighted by molar-refractivity contribution is 0.242. The van der Waals surface area contributed by atoms with Crippen molar-refractivity contribution < 1.29 is 4.39 Å². The molecule has 1 fully saturated rings. The molecular formula is C25H28FN5. The highest BCUT2D eigenvalue weighted by Gasteiger charge is 2.24. The molecule has 0 unspecified atom stereocenters. The maximum Gasteiger partial charge on any atom is 0.225 e. The maximum atomic E-state index is 14.1. The number of para-hydroxylation sites is 1. The Kier molecular flexibility index (Phi) is 5.55. The Labute approximate surface area is 183 Å². The van der Waals surface area contributed by atoms with Gasteiger partial charge in [0.05, 0.1) is 11.4 Å². The zero-order valence-electron chi connectivity index (χ0n) is 18.0. The summed E-state index contributed by atoms with van der Waals surface area (Å²) in [6, 6.07) is 15.6. The third-order valence-corrected chi connectivity index (χ3v) is 6.41. The van der Waals surface area contributed by atoms with Crippen LogP contribution in [0.5, 0.6) is 0 Å². The summed E-state index contributed by atoms with van der Waals surface area (Å²) in [5, 5.41) is 0. The molecule has 2 aliphatic heterocycles. The van der Waals surface area contributed by atoms with Gasteiger partial charge in [0.15, 0.2) is 0 Å². The number of nitrogens with zero attached hydrogens (tertiary/aromatic N) is 5. The summed E-state index contributed by atoms with van der Waals surface area (Å²) in [5.74, 6) is 0.649. The van der Waals surface area contributed by atoms with Crippen molar-refractivity contribution in [3.8, 4) is 0 Å². The Bertz CT molecular complexity index is 1060. The van der Waals surface area contributed by atoms with Crippen LogP contribution in [0.25, 0.3) is 0 Å². The first-order valence-electron chi connectivity index (χ1n) is 11.0. The molecule has 5 rings (SSSR count). The van der Waals surface area contributed by atoms with Gasteiger partial charge in [-0.05, 0) is 30.2 Å². The summed E-state index contributed by atoms with van der Waals surface area (Å²) >= 11 is 0. The van der Waals surface area contributed by atoms with Gasteiger partial charge in [0.25, 0.3) is 0 Å². The third kappa shape index (κ3) is 4.26. The molecule has 31 heavy (non-hydrogen) atoms. The van der Waals surface area contributed by atoms with Crippen LogP contribution in [0.1, 0.15) is 22.4 Å². The van der Waals surface area contributed by atoms with Gasteiger partial charge in [-0.25, -0.2) is 14.4 Å². The van der Waals surface area contributed by atoms with Crippen molar-refractivity contribution in [2.45, 2.75) is 26.4 Å². The fraction of sp³-hybridized carbons (Fsp3) is 0.360. The number of aromatic nitrogens is 2. The molecule has 0 spiro atoms. The Morgan fingerprint density at radius 3 is 2.45 bits per heavy atom. The van der Waals surface area contributed by atoms with Crippen molar-refractivity contribution in [1.82, 2.24) is 14.9 Å². The Hall–Kier alpha value is -2.99. The highest BCUT2D eigenvalue weighted by Crippen LogP contribution is 2.24. The fourth-order valence-electron chi connectivity index (χ4n) is 4.54. The number of anilines is 2. The lowest BCUT2D eigenvalue weighted by Gasteiger charge is -2.36. The normalized spacial score (nSPS) is 17.0. The minimum absolute atomic E-state index is 0.156. The van der Waals surface area contributed by atoms with Gasteiger partial charge in [0, 0.05) is 64.0 Å². The maximum absolute atomic E-state index is 14.1. The zero-order valence-corrected chi connectivity index (χ0v) is 18.0. The van der Waals surface area contributed by atoms with Gasteiger partial charge in [-0.1, -0.05) is 36.4 Å². The molecule has 0 atom stereocenters. The van der Waals surface area contributed by atoms with Crippen LogP contribution in [0.2, 0.25) is 0 Å². The van der Waals surface area contributed by atoms with Crippen molar-refractivity contribution in [3.05, 3.63) is 82.9 Å². The van der Waals surface area contributed by atoms with Crippen molar-refractivity contribution >= 4 is 11.6 Å². The summed E-state index contributed by atoms with van der Waals surface area (Å²) in [7, 11) is 0. The Morgan fingerprint density at radius 2 is 1.65 bits per heavy atom. The molecule has 1 aromatic heterocycles. The molecule has 1 saturated heterocycles. The van der Waals surface area contributed by atoms with E-state index in [0.717, 1.165) is 58.2 Å². The monoisotopic (exact) mass is 417 g/mol. The van der Waals surface area contributed by atoms with E-state index < -0.39 is 0 Å². The van der Waals surface area contributed by atoms with Gasteiger partial charge >= 0.3 is 0 Å². The van der Waals surface area contributed by atoms with E-state index in [0.29, 0.717) is 5.69 Å². The number of piperazine rings is 1. The van der Waals surface area contributed by atoms with Crippen molar-refractivity contribution in [2.75, 3.05) is 42.5 Å². The molecule has 0 radical (unpaired) electrons. The summed E-state index contributed by atoms with van der Waals surface area (Å²) in [4.78, 5) is 16.4. The van der Waals surface area contributed by atoms with Crippen molar-refractivity contribution in [2.24, 2.45) is 0 Å². The molecule has 3 heterocycles. The van der Waals surface area contributed by atoms with Crippen LogP contribution < -0.4 is 9.80 Å². The molecular weight excluding hydrogens is 389 g/mol. The zero-order chi connectivity index (χ0) is 21.2. The average molecular weight is 418 g/mol. The van der Waals surface area contributed by atoms with Crippen LogP contribution in [0, 0.1) is 12.7 Å². The standard InChI is InChI=1S/C25H28FN5/c1-19-6-2-3-7-20(19)17-29-11-10-23-21(18-29)16-27-25(28-23)31-14-12-30(13-15-31)24-9-5-4-8-22(24)26/h2-9,16H,10-15,17-18H2,1H3. The van der Waals surface area contributed by atoms with E-state index in [4.69, 9.17) is 4.98 Å². The second-order valence-electron chi connectivity index (χ2n) is 8.45. The van der Waals surface area contributed by atoms with Crippen LogP contribution in [-0.4, -0.2) is 47.6 Å². The van der Waals surface area contributed by atoms with Crippen molar-refractivity contribution in [3.63, 3.8) is 0 Å². The first-order valence-corrected chi connectivity index (χ1v) is 11.0. The van der Waals surface area contributed by atoms with Gasteiger partial charge in [-0.15, -0.1) is 0 Å². The number of aryl methyl sites for hydroxylation is 1. The molecule has 2 aromatic carbocycles. The predicted molar refractivity (Wildman–Crippen MR) is 122 cm³/mol. The topological polar surface area (TPSA) is 35.5 Å². The molecule has 6 heteroatoms. The van der Waals surface area contributed by atoms with Gasteiger partial charge in [-0.2, -0.15) is 0 Å². The van der Waals surface area contributed by atoms with E-state index >= 15 is 0 Å². The van der Waals surface area contributed by atoms with E-state index in [1.54, 1.807) is 6.07 Å². The molecule has 0 saturated carbocycles. The molecule has 0 amide bonds. The van der Waals surface area contributed by atoms with Gasteiger partial charge in [-0.3, -0.25) is 4.90 Å². The lowest BCUT2D eigenvalue weighted by Crippen LogP contribution is -2.47. The third-order valence-electron chi connectivity index (χ3n) is 6.41. The first-order chi connectivity index (χ1) is 15.2. The average Bonchev–Trinajstić information content (AvgIpc) is 2.81. The summed E-state index contributed by atoms with van der Waals surface area (Å²) in [5.41, 5.74) is 5.81. The van der Waals surface area contributed by atoms with E-state index in [9.17, 15) is 4.39 Å². The van der Waals surface area contributed by atoms with Crippen LogP contribution in [0.3, 0.4) is 0 Å². The minimum atomic E-state index is -0.156. The van der Waals surface area contributed by atoms with E-state index in [-0.39, 0.29) is 5.82 Å². The lowest BCUT2D eigenvalue weighted by atomic mass is 10.0. The highest BCUT2D eigenvalue weighted by atomic mass is 19.1. The number of hydrogen-bond acceptors (Lipinski definition) is 5. The summed E-state index contributed by atoms with van der Waals surface area (Å²) in [6.07, 6.45) is 2.96. The van der Waals surface area contributed by atoms with Gasteiger partial charge in [0.1, 0.15) is 5.82 Å². The minimum Gasteiger partial charge on any atom is -0.366 e. The van der Waals surface area contributed by atoms with E-state index in [2.05, 4.69) is 50.9 Å². The first kappa shape index (κ1) is 19.9. The quantitative estimate of drug-likeness (QED) is 0.645. The predicted octanol–water partition coefficient (Wildman–Crippen LogP) is 3.81. The second kappa shape index (κ2) is 8.63. The van der Waals surface area contributed by atoms with Crippen molar-refractivity contribution in [1.29, 1.82) is 0 Å². The molecule has 2 aliphatic rings. The highest BCUT2D eigenvalue weighted by molar-refractivity contribution is 5.49. The number of rotatable bonds is 4. The summed E-state index contributed by atoms with van der Waals surface area (Å²) < 4.78 is 14.1. The van der Waals surface area contributed by atoms with E-state index in [1.165, 1.54) is 28.5 Å². The molecule has 3 aromatic rings. The molecule has 160 valence electrons. The number of fused-ring (bicyclic) bond motifs is 1. The van der Waals surface area contributed by atoms with E-state index in [1.807, 2.05) is 18.3 Å². The Morgan fingerprint density at radius 1 is 0.903 bits per heavy atom. The van der Waals surface area contributed by atoms with Crippen LogP contribution in [0.4, 0.5) is 16.0 Å². The number of benzene rings is 2. The largest absolute Gasteiger partial charge is 0.366 e. The Balaban J connectivity index is 1.23. The number of halogens is 1.